The normalized spacial score (nSPS) is 39.8. The molecule has 0 saturated heterocycles. The Morgan fingerprint density at radius 2 is 2.00 bits per heavy atom. The molecule has 0 aromatic rings. The van der Waals surface area contributed by atoms with Gasteiger partial charge in [-0.25, -0.2) is 0 Å². The molecule has 1 rings (SSSR count). The Hall–Kier alpha value is -0.570. The molecule has 70 valence electrons. The smallest absolute Gasteiger partial charge is 0.309 e. The minimum atomic E-state index is -0.722. The van der Waals surface area contributed by atoms with Crippen LogP contribution in [0.5, 0.6) is 0 Å². The highest BCUT2D eigenvalue weighted by Gasteiger charge is 2.54. The second-order valence-electron chi connectivity index (χ2n) is 4.50. The molecule has 3 nitrogen and oxygen atoms in total. The first kappa shape index (κ1) is 9.52. The van der Waals surface area contributed by atoms with Crippen molar-refractivity contribution in [3.63, 3.8) is 0 Å². The van der Waals surface area contributed by atoms with Gasteiger partial charge in [0.1, 0.15) is 0 Å². The van der Waals surface area contributed by atoms with Crippen LogP contribution < -0.4 is 5.73 Å². The van der Waals surface area contributed by atoms with Crippen LogP contribution in [0.1, 0.15) is 33.6 Å². The monoisotopic (exact) mass is 171 g/mol. The van der Waals surface area contributed by atoms with Crippen molar-refractivity contribution in [3.05, 3.63) is 0 Å². The van der Waals surface area contributed by atoms with Gasteiger partial charge < -0.3 is 10.8 Å². The summed E-state index contributed by atoms with van der Waals surface area (Å²) < 4.78 is 0. The van der Waals surface area contributed by atoms with E-state index in [1.807, 2.05) is 13.8 Å². The predicted octanol–water partition coefficient (Wildman–Crippen LogP) is 1.22. The highest BCUT2D eigenvalue weighted by molar-refractivity contribution is 5.76. The number of hydrogen-bond donors (Lipinski definition) is 2. The van der Waals surface area contributed by atoms with Crippen molar-refractivity contribution < 1.29 is 9.90 Å². The molecule has 0 aliphatic heterocycles. The molecule has 1 saturated carbocycles. The second-order valence-corrected chi connectivity index (χ2v) is 4.50. The zero-order valence-electron chi connectivity index (χ0n) is 7.92. The first-order chi connectivity index (χ1) is 5.32. The summed E-state index contributed by atoms with van der Waals surface area (Å²) in [5, 5.41) is 9.07. The number of carboxylic acid groups (broad SMARTS) is 1. The Kier molecular flexibility index (Phi) is 1.95. The van der Waals surface area contributed by atoms with Crippen molar-refractivity contribution in [3.8, 4) is 0 Å². The van der Waals surface area contributed by atoms with Crippen molar-refractivity contribution >= 4 is 5.97 Å². The summed E-state index contributed by atoms with van der Waals surface area (Å²) in [6.07, 6.45) is 1.51. The van der Waals surface area contributed by atoms with Crippen LogP contribution in [0.3, 0.4) is 0 Å². The van der Waals surface area contributed by atoms with Crippen LogP contribution >= 0.6 is 0 Å². The van der Waals surface area contributed by atoms with Gasteiger partial charge in [-0.05, 0) is 25.2 Å². The van der Waals surface area contributed by atoms with Crippen molar-refractivity contribution in [1.82, 2.24) is 0 Å². The average Bonchev–Trinajstić information content (AvgIpc) is 2.15. The van der Waals surface area contributed by atoms with Crippen molar-refractivity contribution in [2.45, 2.75) is 39.7 Å². The molecular formula is C9H17NO2. The summed E-state index contributed by atoms with van der Waals surface area (Å²) in [5.41, 5.74) is 4.92. The summed E-state index contributed by atoms with van der Waals surface area (Å²) in [6, 6.07) is 0.0126. The lowest BCUT2D eigenvalue weighted by Gasteiger charge is -2.36. The van der Waals surface area contributed by atoms with Crippen LogP contribution in [-0.4, -0.2) is 17.1 Å². The van der Waals surface area contributed by atoms with Gasteiger partial charge in [0.15, 0.2) is 0 Å². The fourth-order valence-electron chi connectivity index (χ4n) is 1.92. The number of rotatable bonds is 1. The van der Waals surface area contributed by atoms with Gasteiger partial charge >= 0.3 is 5.97 Å². The molecule has 0 spiro atoms. The van der Waals surface area contributed by atoms with Crippen LogP contribution in [0.4, 0.5) is 0 Å². The fourth-order valence-corrected chi connectivity index (χ4v) is 1.92. The number of nitrogens with two attached hydrogens (primary N) is 1. The van der Waals surface area contributed by atoms with E-state index in [4.69, 9.17) is 10.8 Å². The Morgan fingerprint density at radius 1 is 1.50 bits per heavy atom. The van der Waals surface area contributed by atoms with Gasteiger partial charge in [0.2, 0.25) is 0 Å². The molecule has 0 radical (unpaired) electrons. The van der Waals surface area contributed by atoms with Crippen molar-refractivity contribution in [1.29, 1.82) is 0 Å². The molecule has 0 aromatic heterocycles. The van der Waals surface area contributed by atoms with Crippen molar-refractivity contribution in [2.75, 3.05) is 0 Å². The quantitative estimate of drug-likeness (QED) is 0.623. The van der Waals surface area contributed by atoms with E-state index in [-0.39, 0.29) is 11.5 Å². The largest absolute Gasteiger partial charge is 0.481 e. The molecule has 2 atom stereocenters. The third-order valence-electron chi connectivity index (χ3n) is 3.78. The molecule has 1 aliphatic rings. The van der Waals surface area contributed by atoms with Gasteiger partial charge in [-0.2, -0.15) is 0 Å². The highest BCUT2D eigenvalue weighted by atomic mass is 16.4. The molecule has 1 fully saturated rings. The van der Waals surface area contributed by atoms with E-state index in [0.29, 0.717) is 6.42 Å². The Labute approximate surface area is 72.9 Å². The number of aliphatic carboxylic acids is 1. The number of carboxylic acids is 1. The van der Waals surface area contributed by atoms with Crippen LogP contribution in [0.2, 0.25) is 0 Å². The van der Waals surface area contributed by atoms with Gasteiger partial charge in [0, 0.05) is 6.04 Å². The summed E-state index contributed by atoms with van der Waals surface area (Å²) in [5.74, 6) is -0.722. The molecule has 0 amide bonds. The number of hydrogen-bond acceptors (Lipinski definition) is 2. The van der Waals surface area contributed by atoms with Gasteiger partial charge in [0.25, 0.3) is 0 Å². The zero-order valence-corrected chi connectivity index (χ0v) is 7.92. The molecule has 0 aromatic carbocycles. The van der Waals surface area contributed by atoms with Crippen LogP contribution in [0.25, 0.3) is 0 Å². The Balaban J connectivity index is 3.01. The molecule has 3 N–H and O–H groups in total. The highest BCUT2D eigenvalue weighted by Crippen LogP contribution is 2.51. The SMILES string of the molecule is CC1(C)[C@@H](N)CC[C@]1(C)C(=O)O. The lowest BCUT2D eigenvalue weighted by Crippen LogP contribution is -2.45. The van der Waals surface area contributed by atoms with E-state index in [2.05, 4.69) is 0 Å². The predicted molar refractivity (Wildman–Crippen MR) is 46.7 cm³/mol. The lowest BCUT2D eigenvalue weighted by atomic mass is 9.68. The van der Waals surface area contributed by atoms with Gasteiger partial charge in [-0.1, -0.05) is 13.8 Å². The maximum atomic E-state index is 11.0. The molecule has 0 heterocycles. The maximum Gasteiger partial charge on any atom is 0.309 e. The summed E-state index contributed by atoms with van der Waals surface area (Å²) in [7, 11) is 0. The van der Waals surface area contributed by atoms with E-state index in [9.17, 15) is 4.79 Å². The standard InChI is InChI=1S/C9H17NO2/c1-8(2)6(10)4-5-9(8,3)7(11)12/h6H,4-5,10H2,1-3H3,(H,11,12)/t6-,9+/m0/s1. The second kappa shape index (κ2) is 2.46. The Bertz CT molecular complexity index is 213. The fraction of sp³-hybridized carbons (Fsp3) is 0.889. The van der Waals surface area contributed by atoms with E-state index >= 15 is 0 Å². The Morgan fingerprint density at radius 3 is 2.17 bits per heavy atom. The average molecular weight is 171 g/mol. The van der Waals surface area contributed by atoms with Crippen LogP contribution in [0, 0.1) is 10.8 Å². The third-order valence-corrected chi connectivity index (χ3v) is 3.78. The van der Waals surface area contributed by atoms with E-state index in [1.54, 1.807) is 6.92 Å². The summed E-state index contributed by atoms with van der Waals surface area (Å²) in [6.45, 7) is 5.68. The maximum absolute atomic E-state index is 11.0. The molecule has 0 unspecified atom stereocenters. The zero-order chi connectivity index (χ0) is 9.57. The van der Waals surface area contributed by atoms with E-state index in [0.717, 1.165) is 6.42 Å². The molecular weight excluding hydrogens is 154 g/mol. The summed E-state index contributed by atoms with van der Waals surface area (Å²) >= 11 is 0. The van der Waals surface area contributed by atoms with E-state index < -0.39 is 11.4 Å². The first-order valence-electron chi connectivity index (χ1n) is 4.31. The first-order valence-corrected chi connectivity index (χ1v) is 4.31. The lowest BCUT2D eigenvalue weighted by molar-refractivity contribution is -0.153. The molecule has 3 heteroatoms. The van der Waals surface area contributed by atoms with Gasteiger partial charge in [0.05, 0.1) is 5.41 Å². The topological polar surface area (TPSA) is 63.3 Å². The van der Waals surface area contributed by atoms with Gasteiger partial charge in [-0.15, -0.1) is 0 Å². The number of carbonyl (C=O) groups is 1. The minimum absolute atomic E-state index is 0.0126. The van der Waals surface area contributed by atoms with E-state index in [1.165, 1.54) is 0 Å². The molecule has 0 bridgehead atoms. The minimum Gasteiger partial charge on any atom is -0.481 e. The summed E-state index contributed by atoms with van der Waals surface area (Å²) in [4.78, 5) is 11.0. The van der Waals surface area contributed by atoms with Crippen LogP contribution in [0.15, 0.2) is 0 Å². The van der Waals surface area contributed by atoms with Gasteiger partial charge in [-0.3, -0.25) is 4.79 Å². The molecule has 1 aliphatic carbocycles. The molecule has 12 heavy (non-hydrogen) atoms. The van der Waals surface area contributed by atoms with Crippen LogP contribution in [-0.2, 0) is 4.79 Å². The third kappa shape index (κ3) is 0.959. The van der Waals surface area contributed by atoms with Crippen molar-refractivity contribution in [2.24, 2.45) is 16.6 Å².